The molecule has 3 N–H and O–H groups in total. The van der Waals surface area contributed by atoms with Gasteiger partial charge in [0.2, 0.25) is 0 Å². The summed E-state index contributed by atoms with van der Waals surface area (Å²) in [4.78, 5) is 42.8. The first kappa shape index (κ1) is 26.4. The maximum atomic E-state index is 12.5. The summed E-state index contributed by atoms with van der Waals surface area (Å²) in [5.41, 5.74) is 0.673. The summed E-state index contributed by atoms with van der Waals surface area (Å²) >= 11 is 0. The van der Waals surface area contributed by atoms with Crippen molar-refractivity contribution in [3.05, 3.63) is 11.6 Å². The number of nitrogens with zero attached hydrogens (tertiary/aromatic N) is 2. The number of aliphatic hydroxyl groups excluding tert-OH is 1. The molecule has 1 heterocycles. The zero-order chi connectivity index (χ0) is 26.8. The van der Waals surface area contributed by atoms with Crippen LogP contribution in [0, 0.1) is 28.6 Å². The number of hydrogen-bond donors (Lipinski definition) is 3. The Labute approximate surface area is 217 Å². The predicted molar refractivity (Wildman–Crippen MR) is 134 cm³/mol. The Balaban J connectivity index is 1.26. The number of β-amino-alcohol motifs (C(OH)–C–C–N with tert-alkyl or cyclic N) is 1. The molecule has 9 heteroatoms. The van der Waals surface area contributed by atoms with Crippen molar-refractivity contribution in [2.24, 2.45) is 33.7 Å². The Morgan fingerprint density at radius 3 is 2.54 bits per heavy atom. The van der Waals surface area contributed by atoms with Crippen LogP contribution in [0.4, 0.5) is 0 Å². The Morgan fingerprint density at radius 2 is 1.84 bits per heavy atom. The van der Waals surface area contributed by atoms with E-state index in [1.165, 1.54) is 5.57 Å². The second-order valence-corrected chi connectivity index (χ2v) is 12.6. The monoisotopic (exact) mass is 516 g/mol. The average molecular weight is 517 g/mol. The number of amides is 1. The number of aliphatic hydroxyl groups is 2. The molecule has 0 spiro atoms. The molecule has 0 aromatic rings. The number of carboxylic acids is 1. The molecule has 0 aromatic carbocycles. The largest absolute Gasteiger partial charge is 0.480 e. The number of Topliss-reactive ketones (excluding diaryl/α,β-unsaturated/α-hetero) is 1. The topological polar surface area (TPSA) is 137 Å². The smallest absolute Gasteiger partial charge is 0.326 e. The number of carbonyl (C=O) groups is 3. The maximum Gasteiger partial charge on any atom is 0.326 e. The highest BCUT2D eigenvalue weighted by atomic mass is 16.6. The lowest BCUT2D eigenvalue weighted by Crippen LogP contribution is -2.57. The Kier molecular flexibility index (Phi) is 6.54. The second-order valence-electron chi connectivity index (χ2n) is 12.6. The van der Waals surface area contributed by atoms with Crippen LogP contribution in [0.2, 0.25) is 0 Å². The van der Waals surface area contributed by atoms with E-state index in [1.807, 2.05) is 0 Å². The van der Waals surface area contributed by atoms with E-state index in [1.54, 1.807) is 6.92 Å². The third kappa shape index (κ3) is 4.04. The average Bonchev–Trinajstić information content (AvgIpc) is 3.37. The fourth-order valence-corrected chi connectivity index (χ4v) is 8.81. The summed E-state index contributed by atoms with van der Waals surface area (Å²) in [6, 6.07) is -1.03. The third-order valence-electron chi connectivity index (χ3n) is 11.0. The van der Waals surface area contributed by atoms with E-state index in [4.69, 9.17) is 4.84 Å². The number of likely N-dealkylation sites (tertiary alicyclic amines) is 1. The van der Waals surface area contributed by atoms with Crippen LogP contribution in [0.3, 0.4) is 0 Å². The van der Waals surface area contributed by atoms with Crippen LogP contribution < -0.4 is 0 Å². The van der Waals surface area contributed by atoms with Crippen LogP contribution in [0.5, 0.6) is 0 Å². The number of oxime groups is 1. The molecule has 0 aromatic heterocycles. The number of ketones is 1. The van der Waals surface area contributed by atoms with Crippen LogP contribution in [-0.4, -0.2) is 74.5 Å². The number of rotatable bonds is 5. The first-order valence-electron chi connectivity index (χ1n) is 13.7. The van der Waals surface area contributed by atoms with Gasteiger partial charge in [-0.2, -0.15) is 0 Å². The fourth-order valence-electron chi connectivity index (χ4n) is 8.81. The van der Waals surface area contributed by atoms with Crippen molar-refractivity contribution in [2.75, 3.05) is 13.2 Å². The van der Waals surface area contributed by atoms with E-state index in [0.717, 1.165) is 55.6 Å². The number of fused-ring (bicyclic) bond motifs is 5. The van der Waals surface area contributed by atoms with Crippen molar-refractivity contribution in [1.82, 2.24) is 4.90 Å². The van der Waals surface area contributed by atoms with Crippen LogP contribution in [0.1, 0.15) is 78.6 Å². The lowest BCUT2D eigenvalue weighted by molar-refractivity contribution is -0.159. The van der Waals surface area contributed by atoms with E-state index < -0.39 is 29.6 Å². The SMILES string of the molecule is CC(=O)[C@@]1(O)CCC2C3CCC4=C/C(=N/OCC(=O)N5CC(O)CC5C(=O)O)CC[C@]4(C)C3CC[C@@]21C. The summed E-state index contributed by atoms with van der Waals surface area (Å²) in [6.45, 7) is 5.67. The standard InChI is InChI=1S/C28H40N2O7/c1-16(31)28(36)11-8-22-20-5-4-17-12-18(6-9-26(17,2)21(20)7-10-27(22,28)3)29-37-15-24(33)30-14-19(32)13-23(30)25(34)35/h12,19-23,32,36H,4-11,13-15H2,1-3H3,(H,34,35)/b29-18+/t19?,20?,21?,22?,23?,26-,27-,28-/m0/s1. The van der Waals surface area contributed by atoms with E-state index in [2.05, 4.69) is 25.1 Å². The molecule has 5 unspecified atom stereocenters. The Morgan fingerprint density at radius 1 is 1.11 bits per heavy atom. The number of hydrogen-bond acceptors (Lipinski definition) is 7. The van der Waals surface area contributed by atoms with Crippen molar-refractivity contribution in [3.8, 4) is 0 Å². The number of aliphatic carboxylic acids is 1. The van der Waals surface area contributed by atoms with Gasteiger partial charge in [0, 0.05) is 18.4 Å². The highest BCUT2D eigenvalue weighted by molar-refractivity contribution is 5.96. The summed E-state index contributed by atoms with van der Waals surface area (Å²) in [6.07, 6.45) is 8.33. The molecule has 0 bridgehead atoms. The molecule has 37 heavy (non-hydrogen) atoms. The van der Waals surface area contributed by atoms with Gasteiger partial charge in [0.15, 0.2) is 12.4 Å². The molecule has 3 saturated carbocycles. The summed E-state index contributed by atoms with van der Waals surface area (Å²) in [7, 11) is 0. The van der Waals surface area contributed by atoms with E-state index in [-0.39, 0.29) is 36.2 Å². The molecule has 0 radical (unpaired) electrons. The molecule has 4 fully saturated rings. The van der Waals surface area contributed by atoms with Crippen molar-refractivity contribution in [3.63, 3.8) is 0 Å². The molecule has 5 rings (SSSR count). The van der Waals surface area contributed by atoms with Crippen molar-refractivity contribution in [2.45, 2.75) is 96.3 Å². The Hall–Kier alpha value is -2.26. The van der Waals surface area contributed by atoms with Crippen LogP contribution in [-0.2, 0) is 19.2 Å². The van der Waals surface area contributed by atoms with Crippen molar-refractivity contribution < 1.29 is 34.5 Å². The van der Waals surface area contributed by atoms with Gasteiger partial charge in [-0.1, -0.05) is 24.6 Å². The van der Waals surface area contributed by atoms with Gasteiger partial charge in [0.1, 0.15) is 11.6 Å². The van der Waals surface area contributed by atoms with E-state index >= 15 is 0 Å². The molecule has 5 aliphatic rings. The number of allylic oxidation sites excluding steroid dienone is 2. The van der Waals surface area contributed by atoms with E-state index in [9.17, 15) is 29.7 Å². The minimum absolute atomic E-state index is 0.00938. The van der Waals surface area contributed by atoms with Gasteiger partial charge in [-0.05, 0) is 87.5 Å². The fraction of sp³-hybridized carbons (Fsp3) is 0.786. The summed E-state index contributed by atoms with van der Waals surface area (Å²) in [5.74, 6) is -0.334. The second kappa shape index (κ2) is 9.19. The van der Waals surface area contributed by atoms with E-state index in [0.29, 0.717) is 24.2 Å². The van der Waals surface area contributed by atoms with Crippen molar-refractivity contribution in [1.29, 1.82) is 0 Å². The molecule has 1 amide bonds. The lowest BCUT2D eigenvalue weighted by Gasteiger charge is -2.59. The summed E-state index contributed by atoms with van der Waals surface area (Å²) in [5, 5.41) is 34.6. The molecule has 4 aliphatic carbocycles. The quantitative estimate of drug-likeness (QED) is 0.478. The predicted octanol–water partition coefficient (Wildman–Crippen LogP) is 2.69. The highest BCUT2D eigenvalue weighted by Crippen LogP contribution is 2.67. The zero-order valence-electron chi connectivity index (χ0n) is 22.1. The molecule has 204 valence electrons. The van der Waals surface area contributed by atoms with Gasteiger partial charge >= 0.3 is 5.97 Å². The zero-order valence-corrected chi connectivity index (χ0v) is 22.1. The van der Waals surface area contributed by atoms with Crippen LogP contribution in [0.15, 0.2) is 16.8 Å². The molecular formula is C28H40N2O7. The lowest BCUT2D eigenvalue weighted by atomic mass is 9.46. The van der Waals surface area contributed by atoms with Crippen LogP contribution in [0.25, 0.3) is 0 Å². The van der Waals surface area contributed by atoms with Gasteiger partial charge in [-0.15, -0.1) is 0 Å². The molecular weight excluding hydrogens is 476 g/mol. The minimum atomic E-state index is -1.20. The molecule has 8 atom stereocenters. The van der Waals surface area contributed by atoms with Crippen molar-refractivity contribution >= 4 is 23.4 Å². The maximum absolute atomic E-state index is 12.5. The molecule has 1 saturated heterocycles. The normalized spacial score (nSPS) is 44.0. The summed E-state index contributed by atoms with van der Waals surface area (Å²) < 4.78 is 0. The van der Waals surface area contributed by atoms with Gasteiger partial charge < -0.3 is 25.1 Å². The van der Waals surface area contributed by atoms with Gasteiger partial charge in [0.05, 0.1) is 11.8 Å². The number of carboxylic acid groups (broad SMARTS) is 1. The van der Waals surface area contributed by atoms with Gasteiger partial charge in [-0.25, -0.2) is 4.79 Å². The number of carbonyl (C=O) groups excluding carboxylic acids is 2. The highest BCUT2D eigenvalue weighted by Gasteiger charge is 2.65. The molecule has 1 aliphatic heterocycles. The minimum Gasteiger partial charge on any atom is -0.480 e. The third-order valence-corrected chi connectivity index (χ3v) is 11.0. The Bertz CT molecular complexity index is 1060. The molecule has 9 nitrogen and oxygen atoms in total. The van der Waals surface area contributed by atoms with Crippen LogP contribution >= 0.6 is 0 Å². The first-order valence-corrected chi connectivity index (χ1v) is 13.7. The first-order chi connectivity index (χ1) is 17.4. The van der Waals surface area contributed by atoms with Gasteiger partial charge in [-0.3, -0.25) is 9.59 Å². The van der Waals surface area contributed by atoms with Gasteiger partial charge in [0.25, 0.3) is 5.91 Å².